The van der Waals surface area contributed by atoms with Crippen LogP contribution in [-0.2, 0) is 24.5 Å². The molecule has 7 nitrogen and oxygen atoms in total. The van der Waals surface area contributed by atoms with Crippen molar-refractivity contribution in [2.75, 3.05) is 26.8 Å². The Morgan fingerprint density at radius 2 is 2.16 bits per heavy atom. The number of aromatic nitrogens is 1. The lowest BCUT2D eigenvalue weighted by Crippen LogP contribution is -2.44. The van der Waals surface area contributed by atoms with Crippen molar-refractivity contribution in [2.24, 2.45) is 0 Å². The van der Waals surface area contributed by atoms with E-state index in [9.17, 15) is 18.8 Å². The third-order valence-electron chi connectivity index (χ3n) is 6.08. The summed E-state index contributed by atoms with van der Waals surface area (Å²) in [6.07, 6.45) is 2.82. The number of ether oxygens (including phenoxy) is 1. The number of thiazole rings is 1. The third kappa shape index (κ3) is 3.87. The number of likely N-dealkylation sites (tertiary alicyclic amines) is 2. The molecule has 3 heterocycles. The zero-order chi connectivity index (χ0) is 22.0. The standard InChI is InChI=1S/C22H24FN3O4S/c1-30-11-10-26-19(28)14-22(21(26)29,15-5-2-3-6-16(15)23)13-18(27)25-9-4-7-17(25)20-24-8-12-31-20/h2-3,5-6,8,12,17H,4,7,9-11,13-14H2,1H3. The molecule has 2 fully saturated rings. The Kier molecular flexibility index (Phi) is 6.15. The number of amides is 3. The summed E-state index contributed by atoms with van der Waals surface area (Å²) in [7, 11) is 1.48. The van der Waals surface area contributed by atoms with E-state index in [0.29, 0.717) is 6.54 Å². The largest absolute Gasteiger partial charge is 0.383 e. The summed E-state index contributed by atoms with van der Waals surface area (Å²) in [4.78, 5) is 46.8. The Labute approximate surface area is 183 Å². The molecule has 0 spiro atoms. The van der Waals surface area contributed by atoms with Gasteiger partial charge in [0.25, 0.3) is 0 Å². The van der Waals surface area contributed by atoms with Gasteiger partial charge in [0.15, 0.2) is 0 Å². The smallest absolute Gasteiger partial charge is 0.241 e. The molecule has 0 radical (unpaired) electrons. The lowest BCUT2D eigenvalue weighted by Gasteiger charge is -2.31. The molecule has 2 aliphatic rings. The molecule has 0 aliphatic carbocycles. The number of methoxy groups -OCH3 is 1. The number of carbonyl (C=O) groups is 3. The van der Waals surface area contributed by atoms with E-state index in [-0.39, 0.29) is 43.5 Å². The molecule has 164 valence electrons. The summed E-state index contributed by atoms with van der Waals surface area (Å²) in [5.74, 6) is -1.83. The molecule has 9 heteroatoms. The molecule has 1 aromatic carbocycles. The van der Waals surface area contributed by atoms with Crippen LogP contribution in [0.25, 0.3) is 0 Å². The quantitative estimate of drug-likeness (QED) is 0.613. The van der Waals surface area contributed by atoms with Crippen LogP contribution in [0.15, 0.2) is 35.8 Å². The van der Waals surface area contributed by atoms with E-state index in [2.05, 4.69) is 4.98 Å². The summed E-state index contributed by atoms with van der Waals surface area (Å²) in [6, 6.07) is 5.74. The first-order valence-corrected chi connectivity index (χ1v) is 11.1. The average Bonchev–Trinajstić information content (AvgIpc) is 3.48. The van der Waals surface area contributed by atoms with Gasteiger partial charge in [-0.25, -0.2) is 9.37 Å². The SMILES string of the molecule is COCCN1C(=O)CC(CC(=O)N2CCCC2c2nccs2)(c2ccccc2F)C1=O. The molecule has 2 aliphatic heterocycles. The van der Waals surface area contributed by atoms with Crippen LogP contribution >= 0.6 is 11.3 Å². The first kappa shape index (κ1) is 21.6. The minimum Gasteiger partial charge on any atom is -0.383 e. The Balaban J connectivity index is 1.68. The second kappa shape index (κ2) is 8.84. The molecule has 2 aromatic rings. The highest BCUT2D eigenvalue weighted by Crippen LogP contribution is 2.43. The van der Waals surface area contributed by atoms with Gasteiger partial charge in [-0.15, -0.1) is 11.3 Å². The molecule has 2 saturated heterocycles. The third-order valence-corrected chi connectivity index (χ3v) is 6.96. The van der Waals surface area contributed by atoms with Crippen molar-refractivity contribution in [3.8, 4) is 0 Å². The van der Waals surface area contributed by atoms with E-state index in [4.69, 9.17) is 4.74 Å². The Hall–Kier alpha value is -2.65. The Morgan fingerprint density at radius 1 is 1.35 bits per heavy atom. The number of hydrogen-bond donors (Lipinski definition) is 0. The molecule has 3 amide bonds. The van der Waals surface area contributed by atoms with Crippen molar-refractivity contribution in [3.63, 3.8) is 0 Å². The van der Waals surface area contributed by atoms with Crippen LogP contribution in [0, 0.1) is 5.82 Å². The molecule has 0 saturated carbocycles. The number of rotatable bonds is 7. The van der Waals surface area contributed by atoms with Gasteiger partial charge < -0.3 is 9.64 Å². The first-order valence-electron chi connectivity index (χ1n) is 10.3. The van der Waals surface area contributed by atoms with Crippen LogP contribution in [0.1, 0.15) is 42.3 Å². The molecule has 31 heavy (non-hydrogen) atoms. The molecule has 1 aromatic heterocycles. The van der Waals surface area contributed by atoms with Crippen LogP contribution in [0.4, 0.5) is 4.39 Å². The van der Waals surface area contributed by atoms with Gasteiger partial charge in [-0.05, 0) is 18.9 Å². The van der Waals surface area contributed by atoms with Crippen molar-refractivity contribution < 1.29 is 23.5 Å². The van der Waals surface area contributed by atoms with Crippen molar-refractivity contribution in [3.05, 3.63) is 52.2 Å². The zero-order valence-corrected chi connectivity index (χ0v) is 18.1. The Bertz CT molecular complexity index is 983. The van der Waals surface area contributed by atoms with E-state index in [1.54, 1.807) is 17.2 Å². The average molecular weight is 446 g/mol. The molecular formula is C22H24FN3O4S. The fraction of sp³-hybridized carbons (Fsp3) is 0.455. The van der Waals surface area contributed by atoms with Crippen LogP contribution < -0.4 is 0 Å². The highest BCUT2D eigenvalue weighted by Gasteiger charge is 2.55. The lowest BCUT2D eigenvalue weighted by molar-refractivity contribution is -0.143. The molecule has 0 N–H and O–H groups in total. The number of imide groups is 1. The fourth-order valence-corrected chi connectivity index (χ4v) is 5.37. The van der Waals surface area contributed by atoms with Crippen molar-refractivity contribution in [1.29, 1.82) is 0 Å². The lowest BCUT2D eigenvalue weighted by atomic mass is 9.75. The number of halogens is 1. The predicted octanol–water partition coefficient (Wildman–Crippen LogP) is 2.68. The van der Waals surface area contributed by atoms with Gasteiger partial charge in [0.05, 0.1) is 24.6 Å². The fourth-order valence-electron chi connectivity index (χ4n) is 4.58. The number of nitrogens with zero attached hydrogens (tertiary/aromatic N) is 3. The maximum atomic E-state index is 14.9. The second-order valence-corrected chi connectivity index (χ2v) is 8.80. The van der Waals surface area contributed by atoms with Crippen LogP contribution in [-0.4, -0.2) is 59.3 Å². The summed E-state index contributed by atoms with van der Waals surface area (Å²) >= 11 is 1.48. The molecule has 0 bridgehead atoms. The van der Waals surface area contributed by atoms with Crippen molar-refractivity contribution in [2.45, 2.75) is 37.1 Å². The predicted molar refractivity (Wildman–Crippen MR) is 112 cm³/mol. The summed E-state index contributed by atoms with van der Waals surface area (Å²) in [5, 5.41) is 2.71. The van der Waals surface area contributed by atoms with Crippen LogP contribution in [0.3, 0.4) is 0 Å². The molecule has 2 unspecified atom stereocenters. The van der Waals surface area contributed by atoms with Gasteiger partial charge in [0.1, 0.15) is 10.8 Å². The summed E-state index contributed by atoms with van der Waals surface area (Å²) in [6.45, 7) is 0.799. The monoisotopic (exact) mass is 445 g/mol. The van der Waals surface area contributed by atoms with E-state index >= 15 is 0 Å². The van der Waals surface area contributed by atoms with Gasteiger partial charge in [0, 0.05) is 43.6 Å². The van der Waals surface area contributed by atoms with E-state index < -0.39 is 23.0 Å². The van der Waals surface area contributed by atoms with Crippen LogP contribution in [0.2, 0.25) is 0 Å². The Morgan fingerprint density at radius 3 is 2.87 bits per heavy atom. The summed E-state index contributed by atoms with van der Waals surface area (Å²) < 4.78 is 19.9. The first-order chi connectivity index (χ1) is 15.0. The highest BCUT2D eigenvalue weighted by molar-refractivity contribution is 7.09. The topological polar surface area (TPSA) is 79.8 Å². The van der Waals surface area contributed by atoms with Gasteiger partial charge >= 0.3 is 0 Å². The highest BCUT2D eigenvalue weighted by atomic mass is 32.1. The van der Waals surface area contributed by atoms with E-state index in [1.165, 1.54) is 36.6 Å². The number of hydrogen-bond acceptors (Lipinski definition) is 6. The van der Waals surface area contributed by atoms with Crippen LogP contribution in [0.5, 0.6) is 0 Å². The second-order valence-electron chi connectivity index (χ2n) is 7.87. The van der Waals surface area contributed by atoms with E-state index in [0.717, 1.165) is 22.7 Å². The summed E-state index contributed by atoms with van der Waals surface area (Å²) in [5.41, 5.74) is -1.46. The van der Waals surface area contributed by atoms with E-state index in [1.807, 2.05) is 5.38 Å². The minimum atomic E-state index is -1.55. The van der Waals surface area contributed by atoms with Gasteiger partial charge in [-0.3, -0.25) is 19.3 Å². The number of carbonyl (C=O) groups excluding carboxylic acids is 3. The van der Waals surface area contributed by atoms with Gasteiger partial charge in [-0.2, -0.15) is 0 Å². The molecule has 2 atom stereocenters. The van der Waals surface area contributed by atoms with Gasteiger partial charge in [0.2, 0.25) is 17.7 Å². The maximum Gasteiger partial charge on any atom is 0.241 e. The van der Waals surface area contributed by atoms with Crippen molar-refractivity contribution >= 4 is 29.1 Å². The minimum absolute atomic E-state index is 0.0734. The maximum absolute atomic E-state index is 14.9. The number of benzene rings is 1. The molecular weight excluding hydrogens is 421 g/mol. The van der Waals surface area contributed by atoms with Crippen molar-refractivity contribution in [1.82, 2.24) is 14.8 Å². The molecule has 4 rings (SSSR count). The zero-order valence-electron chi connectivity index (χ0n) is 17.3. The van der Waals surface area contributed by atoms with Gasteiger partial charge in [-0.1, -0.05) is 18.2 Å². The normalized spacial score (nSPS) is 23.7.